The van der Waals surface area contributed by atoms with Gasteiger partial charge < -0.3 is 5.32 Å². The molecule has 114 valence electrons. The van der Waals surface area contributed by atoms with Crippen molar-refractivity contribution in [2.75, 3.05) is 13.6 Å². The average molecular weight is 371 g/mol. The largest absolute Gasteiger partial charge is 0.319 e. The molecule has 1 aromatic heterocycles. The zero-order chi connectivity index (χ0) is 15.4. The number of hydrogen-bond donors (Lipinski definition) is 1. The van der Waals surface area contributed by atoms with E-state index >= 15 is 0 Å². The first-order chi connectivity index (χ1) is 10.1. The molecule has 2 rings (SSSR count). The molecule has 0 fully saturated rings. The Morgan fingerprint density at radius 1 is 1.43 bits per heavy atom. The van der Waals surface area contributed by atoms with Gasteiger partial charge in [-0.2, -0.15) is 5.10 Å². The van der Waals surface area contributed by atoms with Crippen molar-refractivity contribution in [1.29, 1.82) is 0 Å². The van der Waals surface area contributed by atoms with E-state index in [4.69, 9.17) is 11.6 Å². The quantitative estimate of drug-likeness (QED) is 0.834. The van der Waals surface area contributed by atoms with Crippen molar-refractivity contribution in [2.45, 2.75) is 25.7 Å². The fraction of sp³-hybridized carbons (Fsp3) is 0.438. The van der Waals surface area contributed by atoms with Crippen molar-refractivity contribution in [2.24, 2.45) is 7.05 Å². The Labute approximate surface area is 139 Å². The van der Waals surface area contributed by atoms with Crippen molar-refractivity contribution >= 4 is 27.5 Å². The number of hydrogen-bond acceptors (Lipinski definition) is 2. The first-order valence-electron chi connectivity index (χ1n) is 7.17. The summed E-state index contributed by atoms with van der Waals surface area (Å²) in [6.07, 6.45) is 1.85. The van der Waals surface area contributed by atoms with Crippen LogP contribution in [0.4, 0.5) is 0 Å². The molecule has 1 N–H and O–H groups in total. The molecule has 1 aromatic carbocycles. The molecule has 5 heteroatoms. The maximum absolute atomic E-state index is 6.13. The van der Waals surface area contributed by atoms with Crippen LogP contribution in [-0.4, -0.2) is 23.4 Å². The minimum atomic E-state index is 0.366. The van der Waals surface area contributed by atoms with E-state index in [1.54, 1.807) is 0 Å². The number of benzene rings is 1. The molecule has 0 saturated heterocycles. The number of nitrogens with zero attached hydrogens (tertiary/aromatic N) is 2. The average Bonchev–Trinajstić information content (AvgIpc) is 2.74. The SMILES string of the molecule is CCc1nn(C)c(CC(CNC)c2cccc(Cl)c2)c1Br. The van der Waals surface area contributed by atoms with Crippen LogP contribution in [0.15, 0.2) is 28.7 Å². The molecule has 0 aliphatic heterocycles. The zero-order valence-electron chi connectivity index (χ0n) is 12.7. The van der Waals surface area contributed by atoms with Crippen molar-refractivity contribution < 1.29 is 0 Å². The lowest BCUT2D eigenvalue weighted by Gasteiger charge is -2.18. The molecule has 0 aliphatic rings. The van der Waals surface area contributed by atoms with Gasteiger partial charge in [0.25, 0.3) is 0 Å². The molecule has 2 aromatic rings. The monoisotopic (exact) mass is 369 g/mol. The third kappa shape index (κ3) is 3.87. The molecule has 0 aliphatic carbocycles. The van der Waals surface area contributed by atoms with Crippen LogP contribution in [0.3, 0.4) is 0 Å². The Kier molecular flexibility index (Phi) is 5.85. The van der Waals surface area contributed by atoms with Crippen molar-refractivity contribution in [1.82, 2.24) is 15.1 Å². The summed E-state index contributed by atoms with van der Waals surface area (Å²) in [5.74, 6) is 0.366. The molecule has 0 spiro atoms. The molecule has 1 heterocycles. The van der Waals surface area contributed by atoms with Crippen LogP contribution in [0.2, 0.25) is 5.02 Å². The summed E-state index contributed by atoms with van der Waals surface area (Å²) in [6, 6.07) is 8.11. The molecule has 21 heavy (non-hydrogen) atoms. The van der Waals surface area contributed by atoms with Gasteiger partial charge >= 0.3 is 0 Å². The van der Waals surface area contributed by atoms with Crippen LogP contribution in [0.25, 0.3) is 0 Å². The minimum Gasteiger partial charge on any atom is -0.319 e. The maximum atomic E-state index is 6.13. The van der Waals surface area contributed by atoms with Crippen molar-refractivity contribution in [3.05, 3.63) is 50.7 Å². The van der Waals surface area contributed by atoms with Gasteiger partial charge in [-0.25, -0.2) is 0 Å². The summed E-state index contributed by atoms with van der Waals surface area (Å²) in [6.45, 7) is 3.03. The molecule has 0 bridgehead atoms. The number of nitrogens with one attached hydrogen (secondary N) is 1. The zero-order valence-corrected chi connectivity index (χ0v) is 15.0. The highest BCUT2D eigenvalue weighted by atomic mass is 79.9. The lowest BCUT2D eigenvalue weighted by molar-refractivity contribution is 0.589. The first kappa shape index (κ1) is 16.5. The Morgan fingerprint density at radius 3 is 2.76 bits per heavy atom. The number of likely N-dealkylation sites (N-methyl/N-ethyl adjacent to an activating group) is 1. The van der Waals surface area contributed by atoms with Gasteiger partial charge in [0, 0.05) is 24.5 Å². The van der Waals surface area contributed by atoms with E-state index in [0.29, 0.717) is 5.92 Å². The van der Waals surface area contributed by atoms with E-state index < -0.39 is 0 Å². The lowest BCUT2D eigenvalue weighted by atomic mass is 9.94. The van der Waals surface area contributed by atoms with Gasteiger partial charge in [-0.1, -0.05) is 30.7 Å². The smallest absolute Gasteiger partial charge is 0.0766 e. The van der Waals surface area contributed by atoms with Crippen LogP contribution >= 0.6 is 27.5 Å². The Morgan fingerprint density at radius 2 is 2.19 bits per heavy atom. The van der Waals surface area contributed by atoms with E-state index in [1.807, 2.05) is 30.9 Å². The third-order valence-corrected chi connectivity index (χ3v) is 4.86. The lowest BCUT2D eigenvalue weighted by Crippen LogP contribution is -2.20. The predicted octanol–water partition coefficient (Wildman–Crippen LogP) is 3.94. The third-order valence-electron chi connectivity index (χ3n) is 3.71. The summed E-state index contributed by atoms with van der Waals surface area (Å²) < 4.78 is 3.12. The normalized spacial score (nSPS) is 12.6. The van der Waals surface area contributed by atoms with Gasteiger partial charge in [0.05, 0.1) is 15.9 Å². The number of halogens is 2. The van der Waals surface area contributed by atoms with E-state index in [9.17, 15) is 0 Å². The molecule has 0 radical (unpaired) electrons. The molecular formula is C16H21BrClN3. The van der Waals surface area contributed by atoms with Crippen LogP contribution < -0.4 is 5.32 Å². The summed E-state index contributed by atoms with van der Waals surface area (Å²) in [7, 11) is 3.99. The predicted molar refractivity (Wildman–Crippen MR) is 92.1 cm³/mol. The highest BCUT2D eigenvalue weighted by Gasteiger charge is 2.19. The Hall–Kier alpha value is -0.840. The topological polar surface area (TPSA) is 29.9 Å². The second-order valence-electron chi connectivity index (χ2n) is 5.20. The molecule has 1 unspecified atom stereocenters. The molecule has 1 atom stereocenters. The van der Waals surface area contributed by atoms with Gasteiger partial charge in [-0.05, 0) is 53.5 Å². The van der Waals surface area contributed by atoms with Gasteiger partial charge in [0.15, 0.2) is 0 Å². The second kappa shape index (κ2) is 7.43. The van der Waals surface area contributed by atoms with Crippen LogP contribution in [0.1, 0.15) is 29.8 Å². The Balaban J connectivity index is 2.30. The fourth-order valence-electron chi connectivity index (χ4n) is 2.59. The molecule has 0 amide bonds. The number of aromatic nitrogens is 2. The van der Waals surface area contributed by atoms with Crippen LogP contribution in [-0.2, 0) is 19.9 Å². The number of rotatable bonds is 6. The molecular weight excluding hydrogens is 350 g/mol. The van der Waals surface area contributed by atoms with E-state index in [2.05, 4.69) is 45.4 Å². The van der Waals surface area contributed by atoms with Crippen LogP contribution in [0.5, 0.6) is 0 Å². The first-order valence-corrected chi connectivity index (χ1v) is 8.34. The number of aryl methyl sites for hydroxylation is 2. The molecule has 0 saturated carbocycles. The standard InChI is InChI=1S/C16H21BrClN3/c1-4-14-16(17)15(21(3)20-14)9-12(10-19-2)11-6-5-7-13(18)8-11/h5-8,12,19H,4,9-10H2,1-3H3. The summed E-state index contributed by atoms with van der Waals surface area (Å²) >= 11 is 9.83. The van der Waals surface area contributed by atoms with E-state index in [0.717, 1.165) is 34.6 Å². The van der Waals surface area contributed by atoms with E-state index in [-0.39, 0.29) is 0 Å². The van der Waals surface area contributed by atoms with Gasteiger partial charge in [-0.15, -0.1) is 0 Å². The summed E-state index contributed by atoms with van der Waals surface area (Å²) in [5.41, 5.74) is 3.59. The molecule has 3 nitrogen and oxygen atoms in total. The summed E-state index contributed by atoms with van der Waals surface area (Å²) in [5, 5.41) is 8.64. The van der Waals surface area contributed by atoms with Crippen LogP contribution in [0, 0.1) is 0 Å². The highest BCUT2D eigenvalue weighted by molar-refractivity contribution is 9.10. The fourth-order valence-corrected chi connectivity index (χ4v) is 3.57. The van der Waals surface area contributed by atoms with Crippen molar-refractivity contribution in [3.63, 3.8) is 0 Å². The van der Waals surface area contributed by atoms with Gasteiger partial charge in [-0.3, -0.25) is 4.68 Å². The van der Waals surface area contributed by atoms with Crippen molar-refractivity contribution in [3.8, 4) is 0 Å². The second-order valence-corrected chi connectivity index (χ2v) is 6.43. The van der Waals surface area contributed by atoms with Gasteiger partial charge in [0.2, 0.25) is 0 Å². The van der Waals surface area contributed by atoms with Gasteiger partial charge in [0.1, 0.15) is 0 Å². The maximum Gasteiger partial charge on any atom is 0.0766 e. The summed E-state index contributed by atoms with van der Waals surface area (Å²) in [4.78, 5) is 0. The minimum absolute atomic E-state index is 0.366. The Bertz CT molecular complexity index is 610. The van der Waals surface area contributed by atoms with E-state index in [1.165, 1.54) is 11.3 Å². The highest BCUT2D eigenvalue weighted by Crippen LogP contribution is 2.28.